The normalized spacial score (nSPS) is 11.2. The van der Waals surface area contributed by atoms with E-state index in [4.69, 9.17) is 14.5 Å². The number of anilines is 1. The van der Waals surface area contributed by atoms with Crippen LogP contribution in [0, 0.1) is 0 Å². The zero-order chi connectivity index (χ0) is 26.8. The number of nitrogens with one attached hydrogen (secondary N) is 2. The van der Waals surface area contributed by atoms with Gasteiger partial charge in [-0.1, -0.05) is 18.2 Å². The lowest BCUT2D eigenvalue weighted by Gasteiger charge is -2.22. The monoisotopic (exact) mass is 506 g/mol. The van der Waals surface area contributed by atoms with Crippen LogP contribution in [0.2, 0.25) is 0 Å². The van der Waals surface area contributed by atoms with Crippen LogP contribution in [-0.4, -0.2) is 60.8 Å². The fraction of sp³-hybridized carbons (Fsp3) is 0.414. The Morgan fingerprint density at radius 2 is 1.70 bits per heavy atom. The second kappa shape index (κ2) is 12.9. The average molecular weight is 507 g/mol. The molecule has 0 aliphatic carbocycles. The SMILES string of the molecule is COc1ccc(-c2cc(NCCCN(CCCOC(=O)NC(C)(C)C)C(C)=O)c3ccccc3n2)cc1. The predicted molar refractivity (Wildman–Crippen MR) is 148 cm³/mol. The van der Waals surface area contributed by atoms with Crippen molar-refractivity contribution in [2.75, 3.05) is 38.7 Å². The smallest absolute Gasteiger partial charge is 0.407 e. The molecule has 2 aromatic carbocycles. The van der Waals surface area contributed by atoms with E-state index >= 15 is 0 Å². The van der Waals surface area contributed by atoms with Crippen LogP contribution >= 0.6 is 0 Å². The molecule has 8 heteroatoms. The first-order chi connectivity index (χ1) is 17.7. The number of hydrogen-bond acceptors (Lipinski definition) is 6. The van der Waals surface area contributed by atoms with Gasteiger partial charge in [-0.3, -0.25) is 4.79 Å². The predicted octanol–water partition coefficient (Wildman–Crippen LogP) is 5.48. The lowest BCUT2D eigenvalue weighted by atomic mass is 10.1. The minimum Gasteiger partial charge on any atom is -0.497 e. The molecule has 0 fully saturated rings. The maximum Gasteiger partial charge on any atom is 0.407 e. The summed E-state index contributed by atoms with van der Waals surface area (Å²) in [5, 5.41) is 7.35. The standard InChI is InChI=1S/C29H38N4O4/c1-21(34)33(18-9-19-37-28(35)32-29(2,3)4)17-8-16-30-27-20-26(22-12-14-23(36-5)15-13-22)31-25-11-7-6-10-24(25)27/h6-7,10-15,20H,8-9,16-19H2,1-5H3,(H,30,31)(H,32,35). The molecule has 0 atom stereocenters. The van der Waals surface area contributed by atoms with Crippen molar-refractivity contribution in [1.82, 2.24) is 15.2 Å². The van der Waals surface area contributed by atoms with E-state index < -0.39 is 6.09 Å². The highest BCUT2D eigenvalue weighted by molar-refractivity contribution is 5.93. The van der Waals surface area contributed by atoms with Gasteiger partial charge in [0, 0.05) is 48.7 Å². The molecule has 0 spiro atoms. The van der Waals surface area contributed by atoms with Crippen LogP contribution in [0.1, 0.15) is 40.5 Å². The Morgan fingerprint density at radius 3 is 2.38 bits per heavy atom. The highest BCUT2D eigenvalue weighted by atomic mass is 16.5. The molecule has 0 unspecified atom stereocenters. The summed E-state index contributed by atoms with van der Waals surface area (Å²) in [5.74, 6) is 0.813. The molecule has 2 N–H and O–H groups in total. The number of fused-ring (bicyclic) bond motifs is 1. The first kappa shape index (κ1) is 27.8. The third kappa shape index (κ3) is 8.66. The third-order valence-corrected chi connectivity index (χ3v) is 5.75. The number of benzene rings is 2. The number of hydrogen-bond donors (Lipinski definition) is 2. The topological polar surface area (TPSA) is 92.8 Å². The van der Waals surface area contributed by atoms with E-state index in [2.05, 4.69) is 22.8 Å². The Labute approximate surface area is 219 Å². The zero-order valence-corrected chi connectivity index (χ0v) is 22.5. The molecule has 8 nitrogen and oxygen atoms in total. The molecule has 0 aliphatic rings. The van der Waals surface area contributed by atoms with E-state index in [9.17, 15) is 9.59 Å². The molecule has 0 aliphatic heterocycles. The van der Waals surface area contributed by atoms with Gasteiger partial charge in [-0.2, -0.15) is 0 Å². The van der Waals surface area contributed by atoms with Crippen molar-refractivity contribution >= 4 is 28.6 Å². The molecule has 1 aromatic heterocycles. The van der Waals surface area contributed by atoms with E-state index in [-0.39, 0.29) is 18.1 Å². The molecule has 2 amide bonds. The van der Waals surface area contributed by atoms with Crippen molar-refractivity contribution in [3.63, 3.8) is 0 Å². The average Bonchev–Trinajstić information content (AvgIpc) is 2.86. The number of carbonyl (C=O) groups is 2. The van der Waals surface area contributed by atoms with E-state index in [0.717, 1.165) is 40.0 Å². The molecule has 0 radical (unpaired) electrons. The summed E-state index contributed by atoms with van der Waals surface area (Å²) in [6.07, 6.45) is 0.925. The van der Waals surface area contributed by atoms with Crippen LogP contribution < -0.4 is 15.4 Å². The van der Waals surface area contributed by atoms with Crippen LogP contribution in [-0.2, 0) is 9.53 Å². The first-order valence-electron chi connectivity index (χ1n) is 12.6. The molecular formula is C29H38N4O4. The van der Waals surface area contributed by atoms with Gasteiger partial charge in [0.1, 0.15) is 5.75 Å². The Bertz CT molecular complexity index is 1190. The Balaban J connectivity index is 1.56. The Kier molecular flexibility index (Phi) is 9.71. The molecule has 198 valence electrons. The van der Waals surface area contributed by atoms with Gasteiger partial charge < -0.3 is 25.0 Å². The fourth-order valence-electron chi connectivity index (χ4n) is 3.91. The number of rotatable bonds is 11. The summed E-state index contributed by atoms with van der Waals surface area (Å²) in [4.78, 5) is 30.5. The molecule has 1 heterocycles. The number of para-hydroxylation sites is 1. The summed E-state index contributed by atoms with van der Waals surface area (Å²) in [6, 6.07) is 18.0. The molecule has 37 heavy (non-hydrogen) atoms. The fourth-order valence-corrected chi connectivity index (χ4v) is 3.91. The van der Waals surface area contributed by atoms with Crippen molar-refractivity contribution in [3.8, 4) is 17.0 Å². The zero-order valence-electron chi connectivity index (χ0n) is 22.5. The van der Waals surface area contributed by atoms with E-state index in [1.807, 2.05) is 63.2 Å². The summed E-state index contributed by atoms with van der Waals surface area (Å²) in [5.41, 5.74) is 3.47. The van der Waals surface area contributed by atoms with Crippen LogP contribution in [0.15, 0.2) is 54.6 Å². The number of pyridine rings is 1. The molecule has 3 rings (SSSR count). The Hall–Kier alpha value is -3.81. The molecular weight excluding hydrogens is 468 g/mol. The molecule has 0 bridgehead atoms. The van der Waals surface area contributed by atoms with Gasteiger partial charge in [-0.05, 0) is 70.0 Å². The van der Waals surface area contributed by atoms with Gasteiger partial charge in [-0.25, -0.2) is 9.78 Å². The van der Waals surface area contributed by atoms with Gasteiger partial charge in [-0.15, -0.1) is 0 Å². The summed E-state index contributed by atoms with van der Waals surface area (Å²) in [7, 11) is 1.65. The maximum atomic E-state index is 12.1. The second-order valence-electron chi connectivity index (χ2n) is 9.95. The lowest BCUT2D eigenvalue weighted by molar-refractivity contribution is -0.129. The van der Waals surface area contributed by atoms with Crippen molar-refractivity contribution in [2.45, 2.75) is 46.1 Å². The van der Waals surface area contributed by atoms with Crippen molar-refractivity contribution in [2.24, 2.45) is 0 Å². The number of amides is 2. The van der Waals surface area contributed by atoms with Gasteiger partial charge in [0.05, 0.1) is 24.9 Å². The van der Waals surface area contributed by atoms with E-state index in [1.165, 1.54) is 0 Å². The molecule has 0 saturated heterocycles. The number of carbonyl (C=O) groups excluding carboxylic acids is 2. The lowest BCUT2D eigenvalue weighted by Crippen LogP contribution is -2.41. The molecule has 3 aromatic rings. The van der Waals surface area contributed by atoms with Gasteiger partial charge in [0.15, 0.2) is 0 Å². The van der Waals surface area contributed by atoms with Gasteiger partial charge in [0.2, 0.25) is 5.91 Å². The first-order valence-corrected chi connectivity index (χ1v) is 12.6. The Morgan fingerprint density at radius 1 is 1.00 bits per heavy atom. The number of ether oxygens (including phenoxy) is 2. The second-order valence-corrected chi connectivity index (χ2v) is 9.95. The summed E-state index contributed by atoms with van der Waals surface area (Å²) in [6.45, 7) is 9.38. The number of aromatic nitrogens is 1. The highest BCUT2D eigenvalue weighted by Gasteiger charge is 2.15. The number of alkyl carbamates (subject to hydrolysis) is 1. The van der Waals surface area contributed by atoms with Gasteiger partial charge in [0.25, 0.3) is 0 Å². The largest absolute Gasteiger partial charge is 0.497 e. The van der Waals surface area contributed by atoms with E-state index in [0.29, 0.717) is 26.1 Å². The van der Waals surface area contributed by atoms with Crippen molar-refractivity contribution < 1.29 is 19.1 Å². The number of nitrogens with zero attached hydrogens (tertiary/aromatic N) is 2. The van der Waals surface area contributed by atoms with Crippen molar-refractivity contribution in [3.05, 3.63) is 54.6 Å². The minimum absolute atomic E-state index is 0.00953. The van der Waals surface area contributed by atoms with Crippen LogP contribution in [0.3, 0.4) is 0 Å². The van der Waals surface area contributed by atoms with E-state index in [1.54, 1.807) is 18.9 Å². The molecule has 0 saturated carbocycles. The van der Waals surface area contributed by atoms with Crippen LogP contribution in [0.5, 0.6) is 5.75 Å². The minimum atomic E-state index is -0.440. The van der Waals surface area contributed by atoms with Gasteiger partial charge >= 0.3 is 6.09 Å². The maximum absolute atomic E-state index is 12.1. The third-order valence-electron chi connectivity index (χ3n) is 5.75. The van der Waals surface area contributed by atoms with Crippen molar-refractivity contribution in [1.29, 1.82) is 0 Å². The summed E-state index contributed by atoms with van der Waals surface area (Å²) >= 11 is 0. The number of methoxy groups -OCH3 is 1. The quantitative estimate of drug-likeness (QED) is 0.335. The van der Waals surface area contributed by atoms with Crippen LogP contribution in [0.4, 0.5) is 10.5 Å². The highest BCUT2D eigenvalue weighted by Crippen LogP contribution is 2.29. The van der Waals surface area contributed by atoms with Crippen LogP contribution in [0.25, 0.3) is 22.2 Å². The summed E-state index contributed by atoms with van der Waals surface area (Å²) < 4.78 is 10.5.